The second-order valence-electron chi connectivity index (χ2n) is 7.48. The highest BCUT2D eigenvalue weighted by Gasteiger charge is 2.27. The number of methoxy groups -OCH3 is 3. The number of halogens is 1. The van der Waals surface area contributed by atoms with Crippen molar-refractivity contribution in [3.63, 3.8) is 0 Å². The Morgan fingerprint density at radius 1 is 0.914 bits per heavy atom. The van der Waals surface area contributed by atoms with Gasteiger partial charge in [0.15, 0.2) is 0 Å². The van der Waals surface area contributed by atoms with E-state index in [-0.39, 0.29) is 16.5 Å². The zero-order valence-corrected chi connectivity index (χ0v) is 21.2. The van der Waals surface area contributed by atoms with Crippen molar-refractivity contribution in [1.82, 2.24) is 4.31 Å². The number of amides is 1. The van der Waals surface area contributed by atoms with Gasteiger partial charge in [0.25, 0.3) is 0 Å². The number of nitrogens with one attached hydrogen (secondary N) is 1. The summed E-state index contributed by atoms with van der Waals surface area (Å²) in [4.78, 5) is 12.9. The van der Waals surface area contributed by atoms with E-state index in [9.17, 15) is 13.2 Å². The molecular formula is C25H27ClN2O6S. The van der Waals surface area contributed by atoms with Crippen molar-refractivity contribution < 1.29 is 27.4 Å². The molecule has 0 radical (unpaired) electrons. The third-order valence-corrected chi connectivity index (χ3v) is 7.39. The van der Waals surface area contributed by atoms with E-state index in [4.69, 9.17) is 25.8 Å². The van der Waals surface area contributed by atoms with Crippen LogP contribution in [0.25, 0.3) is 0 Å². The summed E-state index contributed by atoms with van der Waals surface area (Å²) in [5.74, 6) is 0.775. The maximum absolute atomic E-state index is 13.5. The summed E-state index contributed by atoms with van der Waals surface area (Å²) in [5.41, 5.74) is 1.34. The molecule has 1 N–H and O–H groups in total. The van der Waals surface area contributed by atoms with E-state index in [0.29, 0.717) is 29.4 Å². The van der Waals surface area contributed by atoms with E-state index in [0.717, 1.165) is 9.87 Å². The van der Waals surface area contributed by atoms with Gasteiger partial charge >= 0.3 is 0 Å². The summed E-state index contributed by atoms with van der Waals surface area (Å²) < 4.78 is 43.8. The molecule has 186 valence electrons. The third kappa shape index (κ3) is 6.66. The van der Waals surface area contributed by atoms with Crippen LogP contribution in [-0.4, -0.2) is 53.0 Å². The predicted molar refractivity (Wildman–Crippen MR) is 135 cm³/mol. The average molecular weight is 519 g/mol. The maximum atomic E-state index is 13.5. The first-order valence-corrected chi connectivity index (χ1v) is 12.5. The van der Waals surface area contributed by atoms with Crippen LogP contribution in [0.5, 0.6) is 17.2 Å². The Morgan fingerprint density at radius 2 is 1.63 bits per heavy atom. The molecule has 35 heavy (non-hydrogen) atoms. The van der Waals surface area contributed by atoms with Crippen molar-refractivity contribution in [2.24, 2.45) is 0 Å². The SMILES string of the molecule is COc1ccc(NC(=O)CN(CCc2ccccc2)S(=O)(=O)c2ccc(OC)c(Cl)c2)c(OC)c1. The number of hydrogen-bond acceptors (Lipinski definition) is 6. The average Bonchev–Trinajstić information content (AvgIpc) is 2.87. The molecule has 0 aliphatic heterocycles. The molecule has 0 fully saturated rings. The molecule has 1 amide bonds. The number of hydrogen-bond donors (Lipinski definition) is 1. The smallest absolute Gasteiger partial charge is 0.243 e. The number of nitrogens with zero attached hydrogens (tertiary/aromatic N) is 1. The van der Waals surface area contributed by atoms with Crippen LogP contribution in [-0.2, 0) is 21.2 Å². The lowest BCUT2D eigenvalue weighted by Crippen LogP contribution is -2.39. The van der Waals surface area contributed by atoms with Crippen molar-refractivity contribution in [2.45, 2.75) is 11.3 Å². The van der Waals surface area contributed by atoms with E-state index in [1.165, 1.54) is 39.5 Å². The van der Waals surface area contributed by atoms with Gasteiger partial charge < -0.3 is 19.5 Å². The van der Waals surface area contributed by atoms with Crippen LogP contribution in [0.15, 0.2) is 71.6 Å². The minimum absolute atomic E-state index is 0.0359. The van der Waals surface area contributed by atoms with Gasteiger partial charge in [0.1, 0.15) is 17.2 Å². The fourth-order valence-corrected chi connectivity index (χ4v) is 5.14. The van der Waals surface area contributed by atoms with Gasteiger partial charge in [0.05, 0.1) is 43.5 Å². The Hall–Kier alpha value is -3.27. The highest BCUT2D eigenvalue weighted by atomic mass is 35.5. The van der Waals surface area contributed by atoms with Crippen molar-refractivity contribution in [1.29, 1.82) is 0 Å². The molecule has 3 aromatic carbocycles. The van der Waals surface area contributed by atoms with Crippen LogP contribution in [0, 0.1) is 0 Å². The maximum Gasteiger partial charge on any atom is 0.243 e. The van der Waals surface area contributed by atoms with Gasteiger partial charge in [-0.1, -0.05) is 41.9 Å². The first-order chi connectivity index (χ1) is 16.8. The van der Waals surface area contributed by atoms with Crippen LogP contribution in [0.4, 0.5) is 5.69 Å². The van der Waals surface area contributed by atoms with Gasteiger partial charge in [-0.3, -0.25) is 4.79 Å². The first kappa shape index (κ1) is 26.3. The normalized spacial score (nSPS) is 11.2. The van der Waals surface area contributed by atoms with E-state index in [2.05, 4.69) is 5.32 Å². The van der Waals surface area contributed by atoms with Crippen LogP contribution >= 0.6 is 11.6 Å². The van der Waals surface area contributed by atoms with Gasteiger partial charge in [-0.15, -0.1) is 0 Å². The van der Waals surface area contributed by atoms with Crippen molar-refractivity contribution in [2.75, 3.05) is 39.7 Å². The second-order valence-corrected chi connectivity index (χ2v) is 9.83. The predicted octanol–water partition coefficient (Wildman–Crippen LogP) is 4.24. The van der Waals surface area contributed by atoms with Crippen LogP contribution in [0.3, 0.4) is 0 Å². The lowest BCUT2D eigenvalue weighted by Gasteiger charge is -2.22. The van der Waals surface area contributed by atoms with Gasteiger partial charge in [-0.05, 0) is 42.3 Å². The molecule has 0 heterocycles. The third-order valence-electron chi connectivity index (χ3n) is 5.26. The van der Waals surface area contributed by atoms with Crippen LogP contribution < -0.4 is 19.5 Å². The molecule has 10 heteroatoms. The Morgan fingerprint density at radius 3 is 2.26 bits per heavy atom. The van der Waals surface area contributed by atoms with E-state index >= 15 is 0 Å². The number of ether oxygens (including phenoxy) is 3. The zero-order valence-electron chi connectivity index (χ0n) is 19.7. The molecule has 0 atom stereocenters. The van der Waals surface area contributed by atoms with Gasteiger partial charge in [0.2, 0.25) is 15.9 Å². The number of carbonyl (C=O) groups is 1. The molecule has 0 aliphatic carbocycles. The summed E-state index contributed by atoms with van der Waals surface area (Å²) in [6, 6.07) is 18.5. The molecule has 0 saturated carbocycles. The molecule has 0 saturated heterocycles. The first-order valence-electron chi connectivity index (χ1n) is 10.7. The lowest BCUT2D eigenvalue weighted by molar-refractivity contribution is -0.116. The summed E-state index contributed by atoms with van der Waals surface area (Å²) >= 11 is 6.17. The van der Waals surface area contributed by atoms with Gasteiger partial charge in [-0.25, -0.2) is 8.42 Å². The number of rotatable bonds is 11. The topological polar surface area (TPSA) is 94.2 Å². The second kappa shape index (κ2) is 11.9. The van der Waals surface area contributed by atoms with E-state index in [1.807, 2.05) is 30.3 Å². The monoisotopic (exact) mass is 518 g/mol. The number of anilines is 1. The molecule has 3 aromatic rings. The van der Waals surface area contributed by atoms with E-state index < -0.39 is 22.5 Å². The molecule has 8 nitrogen and oxygen atoms in total. The standard InChI is InChI=1S/C25H27ClN2O6S/c1-32-19-9-11-22(24(15-19)34-3)27-25(29)17-28(14-13-18-7-5-4-6-8-18)35(30,31)20-10-12-23(33-2)21(26)16-20/h4-12,15-16H,13-14,17H2,1-3H3,(H,27,29). The molecule has 0 spiro atoms. The van der Waals surface area contributed by atoms with Crippen molar-refractivity contribution in [3.8, 4) is 17.2 Å². The fourth-order valence-electron chi connectivity index (χ4n) is 3.39. The Balaban J connectivity index is 1.86. The molecule has 0 aromatic heterocycles. The zero-order chi connectivity index (χ0) is 25.4. The Bertz CT molecular complexity index is 1270. The highest BCUT2D eigenvalue weighted by molar-refractivity contribution is 7.89. The number of sulfonamides is 1. The molecule has 0 aliphatic rings. The Kier molecular flexibility index (Phi) is 8.97. The number of carbonyl (C=O) groups excluding carboxylic acids is 1. The fraction of sp³-hybridized carbons (Fsp3) is 0.240. The Labute approximate surface area is 210 Å². The quantitative estimate of drug-likeness (QED) is 0.408. The summed E-state index contributed by atoms with van der Waals surface area (Å²) in [7, 11) is 0.381. The van der Waals surface area contributed by atoms with Crippen molar-refractivity contribution >= 4 is 33.2 Å². The van der Waals surface area contributed by atoms with Gasteiger partial charge in [0, 0.05) is 12.6 Å². The molecule has 0 unspecified atom stereocenters. The summed E-state index contributed by atoms with van der Waals surface area (Å²) in [6.07, 6.45) is 0.420. The van der Waals surface area contributed by atoms with E-state index in [1.54, 1.807) is 18.2 Å². The van der Waals surface area contributed by atoms with Crippen LogP contribution in [0.2, 0.25) is 5.02 Å². The molecule has 3 rings (SSSR count). The molecular weight excluding hydrogens is 492 g/mol. The van der Waals surface area contributed by atoms with Gasteiger partial charge in [-0.2, -0.15) is 4.31 Å². The number of benzene rings is 3. The summed E-state index contributed by atoms with van der Waals surface area (Å²) in [6.45, 7) is -0.322. The van der Waals surface area contributed by atoms with Crippen LogP contribution in [0.1, 0.15) is 5.56 Å². The highest BCUT2D eigenvalue weighted by Crippen LogP contribution is 2.30. The lowest BCUT2D eigenvalue weighted by atomic mass is 10.1. The van der Waals surface area contributed by atoms with Crippen molar-refractivity contribution in [3.05, 3.63) is 77.3 Å². The molecule has 0 bridgehead atoms. The minimum atomic E-state index is -4.05. The minimum Gasteiger partial charge on any atom is -0.497 e. The summed E-state index contributed by atoms with van der Waals surface area (Å²) in [5, 5.41) is 2.88. The largest absolute Gasteiger partial charge is 0.497 e.